The maximum absolute atomic E-state index is 12.4. The van der Waals surface area contributed by atoms with Crippen LogP contribution < -0.4 is 10.0 Å². The quantitative estimate of drug-likeness (QED) is 0.882. The van der Waals surface area contributed by atoms with Gasteiger partial charge in [-0.15, -0.1) is 0 Å². The highest BCUT2D eigenvalue weighted by molar-refractivity contribution is 7.89. The first-order valence-electron chi connectivity index (χ1n) is 6.82. The van der Waals surface area contributed by atoms with Crippen molar-refractivity contribution >= 4 is 15.8 Å². The molecule has 0 saturated heterocycles. The zero-order chi connectivity index (χ0) is 14.9. The van der Waals surface area contributed by atoms with Crippen LogP contribution in [0.25, 0.3) is 0 Å². The van der Waals surface area contributed by atoms with Gasteiger partial charge in [0.05, 0.1) is 0 Å². The number of hydrogen-bond donors (Lipinski definition) is 2. The van der Waals surface area contributed by atoms with E-state index < -0.39 is 10.0 Å². The second-order valence-corrected chi connectivity index (χ2v) is 6.79. The molecular formula is C15H17N3O2S. The molecular weight excluding hydrogens is 286 g/mol. The van der Waals surface area contributed by atoms with Crippen LogP contribution in [0.5, 0.6) is 0 Å². The van der Waals surface area contributed by atoms with Crippen molar-refractivity contribution in [2.75, 3.05) is 18.9 Å². The van der Waals surface area contributed by atoms with E-state index in [1.807, 2.05) is 12.1 Å². The Morgan fingerprint density at radius 1 is 1.24 bits per heavy atom. The third-order valence-electron chi connectivity index (χ3n) is 3.78. The van der Waals surface area contributed by atoms with E-state index in [1.54, 1.807) is 25.4 Å². The maximum atomic E-state index is 12.4. The largest absolute Gasteiger partial charge is 0.372 e. The van der Waals surface area contributed by atoms with Crippen molar-refractivity contribution in [2.24, 2.45) is 0 Å². The molecule has 1 aromatic carbocycles. The van der Waals surface area contributed by atoms with Crippen molar-refractivity contribution in [3.05, 3.63) is 53.7 Å². The zero-order valence-electron chi connectivity index (χ0n) is 11.7. The SMILES string of the molecule is CNc1ncccc1S(=O)(=O)NCC1Cc2ccccc21. The van der Waals surface area contributed by atoms with E-state index in [0.717, 1.165) is 6.42 Å². The van der Waals surface area contributed by atoms with Crippen LogP contribution in [0.4, 0.5) is 5.82 Å². The number of hydrogen-bond acceptors (Lipinski definition) is 4. The number of benzene rings is 1. The second kappa shape index (κ2) is 5.46. The van der Waals surface area contributed by atoms with Crippen LogP contribution in [0.2, 0.25) is 0 Å². The Hall–Kier alpha value is -1.92. The van der Waals surface area contributed by atoms with Gasteiger partial charge in [-0.3, -0.25) is 0 Å². The summed E-state index contributed by atoms with van der Waals surface area (Å²) in [6.07, 6.45) is 2.48. The van der Waals surface area contributed by atoms with Crippen molar-refractivity contribution in [2.45, 2.75) is 17.2 Å². The lowest BCUT2D eigenvalue weighted by molar-refractivity contribution is 0.552. The summed E-state index contributed by atoms with van der Waals surface area (Å²) in [5.41, 5.74) is 2.54. The first kappa shape index (κ1) is 14.0. The van der Waals surface area contributed by atoms with E-state index in [1.165, 1.54) is 11.1 Å². The summed E-state index contributed by atoms with van der Waals surface area (Å²) in [4.78, 5) is 4.21. The Morgan fingerprint density at radius 2 is 2.05 bits per heavy atom. The van der Waals surface area contributed by atoms with Gasteiger partial charge in [0.2, 0.25) is 10.0 Å². The molecule has 2 N–H and O–H groups in total. The molecule has 0 fully saturated rings. The highest BCUT2D eigenvalue weighted by Gasteiger charge is 2.27. The first-order valence-corrected chi connectivity index (χ1v) is 8.30. The number of sulfonamides is 1. The van der Waals surface area contributed by atoms with Crippen molar-refractivity contribution in [3.8, 4) is 0 Å². The van der Waals surface area contributed by atoms with Crippen LogP contribution in [0.1, 0.15) is 17.0 Å². The van der Waals surface area contributed by atoms with Crippen LogP contribution in [-0.4, -0.2) is 27.0 Å². The normalized spacial score (nSPS) is 16.9. The maximum Gasteiger partial charge on any atom is 0.244 e. The van der Waals surface area contributed by atoms with Gasteiger partial charge in [0.25, 0.3) is 0 Å². The molecule has 6 heteroatoms. The molecule has 0 bridgehead atoms. The predicted octanol–water partition coefficient (Wildman–Crippen LogP) is 1.74. The number of rotatable bonds is 5. The number of anilines is 1. The van der Waals surface area contributed by atoms with Crippen LogP contribution in [0.3, 0.4) is 0 Å². The molecule has 1 aromatic heterocycles. The third-order valence-corrected chi connectivity index (χ3v) is 5.23. The molecule has 0 saturated carbocycles. The smallest absolute Gasteiger partial charge is 0.244 e. The molecule has 110 valence electrons. The summed E-state index contributed by atoms with van der Waals surface area (Å²) in [6.45, 7) is 0.414. The van der Waals surface area contributed by atoms with Crippen molar-refractivity contribution in [1.82, 2.24) is 9.71 Å². The monoisotopic (exact) mass is 303 g/mol. The van der Waals surface area contributed by atoms with E-state index in [-0.39, 0.29) is 10.8 Å². The average Bonchev–Trinajstić information content (AvgIpc) is 2.48. The minimum Gasteiger partial charge on any atom is -0.372 e. The van der Waals surface area contributed by atoms with Crippen LogP contribution in [-0.2, 0) is 16.4 Å². The fraction of sp³-hybridized carbons (Fsp3) is 0.267. The summed E-state index contributed by atoms with van der Waals surface area (Å²) in [7, 11) is -1.90. The molecule has 2 aromatic rings. The minimum absolute atomic E-state index is 0.181. The Kier molecular flexibility index (Phi) is 3.65. The van der Waals surface area contributed by atoms with Gasteiger partial charge in [-0.1, -0.05) is 24.3 Å². The number of pyridine rings is 1. The fourth-order valence-corrected chi connectivity index (χ4v) is 3.87. The van der Waals surface area contributed by atoms with E-state index in [9.17, 15) is 8.42 Å². The summed E-state index contributed by atoms with van der Waals surface area (Å²) in [6, 6.07) is 11.3. The average molecular weight is 303 g/mol. The van der Waals surface area contributed by atoms with E-state index in [0.29, 0.717) is 12.4 Å². The van der Waals surface area contributed by atoms with Crippen LogP contribution in [0.15, 0.2) is 47.5 Å². The molecule has 0 aliphatic heterocycles. The molecule has 5 nitrogen and oxygen atoms in total. The standard InChI is InChI=1S/C15H17N3O2S/c1-16-15-14(7-4-8-17-15)21(19,20)18-10-12-9-11-5-2-3-6-13(11)12/h2-8,12,18H,9-10H2,1H3,(H,16,17). The molecule has 21 heavy (non-hydrogen) atoms. The van der Waals surface area contributed by atoms with Crippen molar-refractivity contribution in [3.63, 3.8) is 0 Å². The topological polar surface area (TPSA) is 71.1 Å². The molecule has 1 unspecified atom stereocenters. The van der Waals surface area contributed by atoms with E-state index >= 15 is 0 Å². The second-order valence-electron chi connectivity index (χ2n) is 5.05. The van der Waals surface area contributed by atoms with Crippen molar-refractivity contribution < 1.29 is 8.42 Å². The molecule has 1 atom stereocenters. The Morgan fingerprint density at radius 3 is 2.81 bits per heavy atom. The van der Waals surface area contributed by atoms with Crippen LogP contribution >= 0.6 is 0 Å². The molecule has 0 radical (unpaired) electrons. The van der Waals surface area contributed by atoms with E-state index in [4.69, 9.17) is 0 Å². The summed E-state index contributed by atoms with van der Waals surface area (Å²) >= 11 is 0. The van der Waals surface area contributed by atoms with Gasteiger partial charge < -0.3 is 5.32 Å². The van der Waals surface area contributed by atoms with Gasteiger partial charge in [0.15, 0.2) is 0 Å². The highest BCUT2D eigenvalue weighted by atomic mass is 32.2. The Bertz CT molecular complexity index is 759. The number of fused-ring (bicyclic) bond motifs is 1. The molecule has 1 heterocycles. The third kappa shape index (κ3) is 2.64. The predicted molar refractivity (Wildman–Crippen MR) is 81.9 cm³/mol. The van der Waals surface area contributed by atoms with E-state index in [2.05, 4.69) is 27.2 Å². The summed E-state index contributed by atoms with van der Waals surface area (Å²) in [5, 5.41) is 2.80. The zero-order valence-corrected chi connectivity index (χ0v) is 12.5. The number of nitrogens with zero attached hydrogens (tertiary/aromatic N) is 1. The van der Waals surface area contributed by atoms with Gasteiger partial charge in [-0.2, -0.15) is 0 Å². The lowest BCUT2D eigenvalue weighted by atomic mass is 9.78. The Balaban J connectivity index is 1.73. The fourth-order valence-electron chi connectivity index (χ4n) is 2.63. The summed E-state index contributed by atoms with van der Waals surface area (Å²) < 4.78 is 27.4. The molecule has 0 spiro atoms. The van der Waals surface area contributed by atoms with Gasteiger partial charge in [0.1, 0.15) is 10.7 Å². The number of nitrogens with one attached hydrogen (secondary N) is 2. The molecule has 1 aliphatic carbocycles. The van der Waals surface area contributed by atoms with Gasteiger partial charge in [0, 0.05) is 25.7 Å². The minimum atomic E-state index is -3.55. The van der Waals surface area contributed by atoms with Gasteiger partial charge >= 0.3 is 0 Å². The van der Waals surface area contributed by atoms with Crippen molar-refractivity contribution in [1.29, 1.82) is 0 Å². The Labute approximate surface area is 124 Å². The lowest BCUT2D eigenvalue weighted by Crippen LogP contribution is -2.33. The van der Waals surface area contributed by atoms with Gasteiger partial charge in [-0.05, 0) is 29.7 Å². The van der Waals surface area contributed by atoms with Gasteiger partial charge in [-0.25, -0.2) is 18.1 Å². The molecule has 0 amide bonds. The lowest BCUT2D eigenvalue weighted by Gasteiger charge is -2.30. The molecule has 1 aliphatic rings. The van der Waals surface area contributed by atoms with Crippen LogP contribution in [0, 0.1) is 0 Å². The highest BCUT2D eigenvalue weighted by Crippen LogP contribution is 2.34. The first-order chi connectivity index (χ1) is 10.1. The molecule has 3 rings (SSSR count). The number of aromatic nitrogens is 1. The summed E-state index contributed by atoms with van der Waals surface area (Å²) in [5.74, 6) is 0.615.